The molecule has 0 saturated heterocycles. The number of aromatic nitrogens is 1. The van der Waals surface area contributed by atoms with Gasteiger partial charge in [0.15, 0.2) is 0 Å². The van der Waals surface area contributed by atoms with E-state index in [1.54, 1.807) is 6.07 Å². The molecule has 0 radical (unpaired) electrons. The molecule has 0 aliphatic heterocycles. The largest absolute Gasteiger partial charge is 0.477 e. The van der Waals surface area contributed by atoms with Gasteiger partial charge in [0.05, 0.1) is 11.9 Å². The average Bonchev–Trinajstić information content (AvgIpc) is 2.24. The summed E-state index contributed by atoms with van der Waals surface area (Å²) in [5.41, 5.74) is 0.515. The summed E-state index contributed by atoms with van der Waals surface area (Å²) in [6.07, 6.45) is 5.38. The van der Waals surface area contributed by atoms with E-state index in [0.29, 0.717) is 18.0 Å². The molecule has 0 bridgehead atoms. The lowest BCUT2D eigenvalue weighted by Crippen LogP contribution is -2.21. The van der Waals surface area contributed by atoms with Crippen LogP contribution in [0.15, 0.2) is 18.3 Å². The van der Waals surface area contributed by atoms with E-state index >= 15 is 0 Å². The summed E-state index contributed by atoms with van der Waals surface area (Å²) in [6, 6.07) is 2.93. The number of pyridine rings is 1. The van der Waals surface area contributed by atoms with Crippen LogP contribution in [0.3, 0.4) is 0 Å². The topological polar surface area (TPSA) is 79.3 Å². The molecule has 1 aliphatic carbocycles. The van der Waals surface area contributed by atoms with Crippen LogP contribution < -0.4 is 5.32 Å². The highest BCUT2D eigenvalue weighted by Crippen LogP contribution is 2.29. The fourth-order valence-electron chi connectivity index (χ4n) is 1.77. The van der Waals surface area contributed by atoms with E-state index in [2.05, 4.69) is 10.3 Å². The molecular weight excluding hydrogens is 220 g/mol. The molecular formula is C12H14N2O3. The Hall–Kier alpha value is -1.91. The highest BCUT2D eigenvalue weighted by Gasteiger charge is 2.20. The summed E-state index contributed by atoms with van der Waals surface area (Å²) in [5, 5.41) is 11.4. The molecule has 1 saturated carbocycles. The summed E-state index contributed by atoms with van der Waals surface area (Å²) >= 11 is 0. The Kier molecular flexibility index (Phi) is 3.37. The van der Waals surface area contributed by atoms with Crippen molar-refractivity contribution in [3.8, 4) is 0 Å². The van der Waals surface area contributed by atoms with Crippen molar-refractivity contribution >= 4 is 17.6 Å². The molecule has 1 aromatic rings. The predicted octanol–water partition coefficient (Wildman–Crippen LogP) is 1.91. The van der Waals surface area contributed by atoms with E-state index in [1.807, 2.05) is 0 Å². The Morgan fingerprint density at radius 2 is 2.18 bits per heavy atom. The van der Waals surface area contributed by atoms with Gasteiger partial charge >= 0.3 is 5.97 Å². The smallest absolute Gasteiger partial charge is 0.354 e. The molecule has 1 fully saturated rings. The van der Waals surface area contributed by atoms with Crippen molar-refractivity contribution in [2.45, 2.75) is 25.7 Å². The minimum Gasteiger partial charge on any atom is -0.477 e. The lowest BCUT2D eigenvalue weighted by molar-refractivity contribution is -0.117. The van der Waals surface area contributed by atoms with Crippen molar-refractivity contribution in [2.75, 3.05) is 5.32 Å². The number of hydrogen-bond acceptors (Lipinski definition) is 3. The Morgan fingerprint density at radius 1 is 1.41 bits per heavy atom. The van der Waals surface area contributed by atoms with Gasteiger partial charge in [-0.15, -0.1) is 0 Å². The number of nitrogens with one attached hydrogen (secondary N) is 1. The lowest BCUT2D eigenvalue weighted by Gasteiger charge is -2.24. The summed E-state index contributed by atoms with van der Waals surface area (Å²) in [7, 11) is 0. The lowest BCUT2D eigenvalue weighted by atomic mass is 9.83. The summed E-state index contributed by atoms with van der Waals surface area (Å²) in [6.45, 7) is 0. The summed E-state index contributed by atoms with van der Waals surface area (Å²) in [5.74, 6) is -0.585. The molecule has 1 aliphatic rings. The second-order valence-electron chi connectivity index (χ2n) is 4.29. The number of carbonyl (C=O) groups is 2. The average molecular weight is 234 g/mol. The molecule has 90 valence electrons. The molecule has 5 heteroatoms. The van der Waals surface area contributed by atoms with Gasteiger partial charge in [0.25, 0.3) is 0 Å². The van der Waals surface area contributed by atoms with Crippen LogP contribution in [0.2, 0.25) is 0 Å². The fraction of sp³-hybridized carbons (Fsp3) is 0.417. The van der Waals surface area contributed by atoms with Crippen LogP contribution in [0.1, 0.15) is 36.2 Å². The van der Waals surface area contributed by atoms with E-state index in [0.717, 1.165) is 12.8 Å². The number of carbonyl (C=O) groups excluding carboxylic acids is 1. The van der Waals surface area contributed by atoms with Gasteiger partial charge in [0.2, 0.25) is 5.91 Å². The Morgan fingerprint density at radius 3 is 2.65 bits per heavy atom. The minimum absolute atomic E-state index is 0.0259. The third kappa shape index (κ3) is 3.03. The minimum atomic E-state index is -1.07. The zero-order valence-electron chi connectivity index (χ0n) is 9.35. The molecule has 0 spiro atoms. The first kappa shape index (κ1) is 11.6. The predicted molar refractivity (Wildman–Crippen MR) is 61.8 cm³/mol. The third-order valence-electron chi connectivity index (χ3n) is 2.97. The van der Waals surface area contributed by atoms with Crippen molar-refractivity contribution < 1.29 is 14.7 Å². The first-order valence-electron chi connectivity index (χ1n) is 5.64. The maximum absolute atomic E-state index is 11.6. The Bertz CT molecular complexity index is 424. The van der Waals surface area contributed by atoms with Gasteiger partial charge in [-0.25, -0.2) is 9.78 Å². The maximum atomic E-state index is 11.6. The number of rotatable bonds is 4. The normalized spacial score (nSPS) is 15.1. The molecule has 2 rings (SSSR count). The van der Waals surface area contributed by atoms with Gasteiger partial charge in [-0.2, -0.15) is 0 Å². The molecule has 1 aromatic heterocycles. The van der Waals surface area contributed by atoms with Gasteiger partial charge in [0, 0.05) is 6.42 Å². The molecule has 0 unspecified atom stereocenters. The maximum Gasteiger partial charge on any atom is 0.354 e. The van der Waals surface area contributed by atoms with E-state index < -0.39 is 5.97 Å². The zero-order chi connectivity index (χ0) is 12.3. The van der Waals surface area contributed by atoms with Crippen LogP contribution in [0.25, 0.3) is 0 Å². The zero-order valence-corrected chi connectivity index (χ0v) is 9.35. The van der Waals surface area contributed by atoms with Crippen molar-refractivity contribution in [2.24, 2.45) is 5.92 Å². The van der Waals surface area contributed by atoms with E-state index in [1.165, 1.54) is 18.7 Å². The number of carboxylic acid groups (broad SMARTS) is 1. The molecule has 0 atom stereocenters. The van der Waals surface area contributed by atoms with Crippen LogP contribution in [0.5, 0.6) is 0 Å². The van der Waals surface area contributed by atoms with Gasteiger partial charge in [-0.05, 0) is 30.9 Å². The van der Waals surface area contributed by atoms with Crippen LogP contribution in [0.4, 0.5) is 5.69 Å². The van der Waals surface area contributed by atoms with Crippen LogP contribution in [0, 0.1) is 5.92 Å². The Balaban J connectivity index is 1.89. The number of carboxylic acids is 1. The van der Waals surface area contributed by atoms with Gasteiger partial charge < -0.3 is 10.4 Å². The van der Waals surface area contributed by atoms with Gasteiger partial charge in [-0.1, -0.05) is 6.42 Å². The number of anilines is 1. The summed E-state index contributed by atoms with van der Waals surface area (Å²) < 4.78 is 0. The van der Waals surface area contributed by atoms with E-state index in [4.69, 9.17) is 5.11 Å². The quantitative estimate of drug-likeness (QED) is 0.834. The first-order chi connectivity index (χ1) is 8.15. The Labute approximate surface area is 98.9 Å². The second kappa shape index (κ2) is 4.95. The van der Waals surface area contributed by atoms with E-state index in [-0.39, 0.29) is 11.6 Å². The summed E-state index contributed by atoms with van der Waals surface area (Å²) in [4.78, 5) is 25.9. The standard InChI is InChI=1S/C12H14N2O3/c15-11(6-8-2-1-3-8)14-9-4-5-10(12(16)17)13-7-9/h4-5,7-8H,1-3,6H2,(H,14,15)(H,16,17). The van der Waals surface area contributed by atoms with Crippen molar-refractivity contribution in [3.63, 3.8) is 0 Å². The molecule has 2 N–H and O–H groups in total. The molecule has 17 heavy (non-hydrogen) atoms. The van der Waals surface area contributed by atoms with Crippen LogP contribution in [-0.2, 0) is 4.79 Å². The van der Waals surface area contributed by atoms with Crippen molar-refractivity contribution in [1.82, 2.24) is 4.98 Å². The van der Waals surface area contributed by atoms with Crippen LogP contribution in [-0.4, -0.2) is 22.0 Å². The second-order valence-corrected chi connectivity index (χ2v) is 4.29. The van der Waals surface area contributed by atoms with Crippen molar-refractivity contribution in [3.05, 3.63) is 24.0 Å². The highest BCUT2D eigenvalue weighted by atomic mass is 16.4. The monoisotopic (exact) mass is 234 g/mol. The fourth-order valence-corrected chi connectivity index (χ4v) is 1.77. The van der Waals surface area contributed by atoms with Gasteiger partial charge in [0.1, 0.15) is 5.69 Å². The third-order valence-corrected chi connectivity index (χ3v) is 2.97. The highest BCUT2D eigenvalue weighted by molar-refractivity contribution is 5.91. The number of aromatic carboxylic acids is 1. The van der Waals surface area contributed by atoms with Crippen LogP contribution >= 0.6 is 0 Å². The molecule has 1 amide bonds. The van der Waals surface area contributed by atoms with Gasteiger partial charge in [-0.3, -0.25) is 4.79 Å². The van der Waals surface area contributed by atoms with Crippen molar-refractivity contribution in [1.29, 1.82) is 0 Å². The number of hydrogen-bond donors (Lipinski definition) is 2. The van der Waals surface area contributed by atoms with E-state index in [9.17, 15) is 9.59 Å². The SMILES string of the molecule is O=C(CC1CCC1)Nc1ccc(C(=O)O)nc1. The number of amides is 1. The number of nitrogens with zero attached hydrogens (tertiary/aromatic N) is 1. The first-order valence-corrected chi connectivity index (χ1v) is 5.64. The molecule has 1 heterocycles. The molecule has 5 nitrogen and oxygen atoms in total. The molecule has 0 aromatic carbocycles.